The minimum absolute atomic E-state index is 0.0192. The monoisotopic (exact) mass is 243 g/mol. The second-order valence-electron chi connectivity index (χ2n) is 4.28. The van der Waals surface area contributed by atoms with E-state index >= 15 is 0 Å². The molecule has 0 radical (unpaired) electrons. The quantitative estimate of drug-likeness (QED) is 0.877. The van der Waals surface area contributed by atoms with Crippen molar-refractivity contribution in [3.63, 3.8) is 0 Å². The highest BCUT2D eigenvalue weighted by Gasteiger charge is 2.11. The fourth-order valence-corrected chi connectivity index (χ4v) is 1.72. The maximum Gasteiger partial charge on any atom is 0.119 e. The minimum atomic E-state index is -0.0192. The van der Waals surface area contributed by atoms with Gasteiger partial charge in [0.05, 0.1) is 13.2 Å². The fourth-order valence-electron chi connectivity index (χ4n) is 1.72. The van der Waals surface area contributed by atoms with Crippen LogP contribution in [-0.2, 0) is 0 Å². The number of rotatable bonds is 5. The van der Waals surface area contributed by atoms with Gasteiger partial charge >= 0.3 is 0 Å². The van der Waals surface area contributed by atoms with Crippen LogP contribution in [0.15, 0.2) is 48.8 Å². The molecule has 3 heteroatoms. The van der Waals surface area contributed by atoms with Crippen LogP contribution in [0.2, 0.25) is 0 Å². The highest BCUT2D eigenvalue weighted by molar-refractivity contribution is 5.26. The van der Waals surface area contributed by atoms with Crippen molar-refractivity contribution < 1.29 is 9.84 Å². The molecule has 2 aromatic rings. The lowest BCUT2D eigenvalue weighted by Gasteiger charge is -2.15. The highest BCUT2D eigenvalue weighted by Crippen LogP contribution is 2.17. The number of hydrogen-bond donors (Lipinski definition) is 1. The van der Waals surface area contributed by atoms with E-state index in [0.717, 1.165) is 11.3 Å². The normalized spacial score (nSPS) is 12.1. The zero-order chi connectivity index (χ0) is 12.8. The highest BCUT2D eigenvalue weighted by atomic mass is 16.5. The molecule has 0 fully saturated rings. The lowest BCUT2D eigenvalue weighted by Crippen LogP contribution is -2.14. The van der Waals surface area contributed by atoms with Crippen LogP contribution >= 0.6 is 0 Å². The van der Waals surface area contributed by atoms with E-state index in [0.29, 0.717) is 6.61 Å². The summed E-state index contributed by atoms with van der Waals surface area (Å²) in [4.78, 5) is 3.97. The first-order valence-corrected chi connectivity index (χ1v) is 6.00. The molecule has 0 amide bonds. The molecule has 0 aliphatic heterocycles. The topological polar surface area (TPSA) is 42.4 Å². The second-order valence-corrected chi connectivity index (χ2v) is 4.28. The number of benzene rings is 1. The minimum Gasteiger partial charge on any atom is -0.493 e. The number of aromatic nitrogens is 1. The molecule has 0 saturated heterocycles. The summed E-state index contributed by atoms with van der Waals surface area (Å²) >= 11 is 0. The largest absolute Gasteiger partial charge is 0.493 e. The third kappa shape index (κ3) is 3.31. The number of nitrogens with zero attached hydrogens (tertiary/aromatic N) is 1. The Labute approximate surface area is 107 Å². The van der Waals surface area contributed by atoms with E-state index in [1.165, 1.54) is 5.56 Å². The lowest BCUT2D eigenvalue weighted by atomic mass is 10.0. The summed E-state index contributed by atoms with van der Waals surface area (Å²) in [6.07, 6.45) is 3.45. The van der Waals surface area contributed by atoms with Gasteiger partial charge in [0.25, 0.3) is 0 Å². The summed E-state index contributed by atoms with van der Waals surface area (Å²) in [6.45, 7) is 2.57. The Balaban J connectivity index is 1.97. The first-order chi connectivity index (χ1) is 8.79. The number of aliphatic hydroxyl groups excluding tert-OH is 1. The zero-order valence-electron chi connectivity index (χ0n) is 10.4. The Morgan fingerprint density at radius 1 is 1.11 bits per heavy atom. The summed E-state index contributed by atoms with van der Waals surface area (Å²) < 4.78 is 5.69. The average Bonchev–Trinajstić information content (AvgIpc) is 2.43. The van der Waals surface area contributed by atoms with Gasteiger partial charge in [-0.05, 0) is 36.8 Å². The van der Waals surface area contributed by atoms with E-state index in [9.17, 15) is 5.11 Å². The predicted molar refractivity (Wildman–Crippen MR) is 70.7 cm³/mol. The van der Waals surface area contributed by atoms with E-state index in [1.807, 2.05) is 43.3 Å². The number of pyridine rings is 1. The van der Waals surface area contributed by atoms with Gasteiger partial charge < -0.3 is 9.84 Å². The molecular weight excluding hydrogens is 226 g/mol. The maximum atomic E-state index is 9.40. The van der Waals surface area contributed by atoms with Crippen molar-refractivity contribution >= 4 is 0 Å². The molecule has 0 saturated carbocycles. The molecule has 0 aliphatic carbocycles. The van der Waals surface area contributed by atoms with E-state index < -0.39 is 0 Å². The van der Waals surface area contributed by atoms with Gasteiger partial charge in [-0.25, -0.2) is 0 Å². The molecule has 1 heterocycles. The molecule has 3 nitrogen and oxygen atoms in total. The molecule has 94 valence electrons. The average molecular weight is 243 g/mol. The van der Waals surface area contributed by atoms with Crippen molar-refractivity contribution in [2.24, 2.45) is 0 Å². The van der Waals surface area contributed by atoms with Gasteiger partial charge in [0.2, 0.25) is 0 Å². The summed E-state index contributed by atoms with van der Waals surface area (Å²) in [5, 5.41) is 9.40. The predicted octanol–water partition coefficient (Wildman–Crippen LogP) is 2.54. The number of ether oxygens (including phenoxy) is 1. The van der Waals surface area contributed by atoms with Crippen molar-refractivity contribution in [2.45, 2.75) is 12.8 Å². The second kappa shape index (κ2) is 6.17. The number of hydrogen-bond acceptors (Lipinski definition) is 3. The van der Waals surface area contributed by atoms with Crippen molar-refractivity contribution in [1.82, 2.24) is 4.98 Å². The standard InChI is InChI=1S/C15H17NO2/c1-12-2-4-15(5-3-12)18-11-14(10-17)13-6-8-16-9-7-13/h2-9,14,17H,10-11H2,1H3. The van der Waals surface area contributed by atoms with Gasteiger partial charge in [0.15, 0.2) is 0 Å². The fraction of sp³-hybridized carbons (Fsp3) is 0.267. The van der Waals surface area contributed by atoms with Crippen LogP contribution in [0.3, 0.4) is 0 Å². The summed E-state index contributed by atoms with van der Waals surface area (Å²) in [7, 11) is 0. The third-order valence-corrected chi connectivity index (χ3v) is 2.87. The smallest absolute Gasteiger partial charge is 0.119 e. The molecular formula is C15H17NO2. The van der Waals surface area contributed by atoms with Gasteiger partial charge in [-0.15, -0.1) is 0 Å². The molecule has 1 aromatic carbocycles. The van der Waals surface area contributed by atoms with Crippen LogP contribution < -0.4 is 4.74 Å². The zero-order valence-corrected chi connectivity index (χ0v) is 10.4. The SMILES string of the molecule is Cc1ccc(OCC(CO)c2ccncc2)cc1. The summed E-state index contributed by atoms with van der Waals surface area (Å²) in [5.74, 6) is 0.808. The van der Waals surface area contributed by atoms with E-state index in [2.05, 4.69) is 4.98 Å². The number of aliphatic hydroxyl groups is 1. The van der Waals surface area contributed by atoms with Crippen LogP contribution in [0.4, 0.5) is 0 Å². The first kappa shape index (κ1) is 12.6. The van der Waals surface area contributed by atoms with Gasteiger partial charge in [-0.1, -0.05) is 17.7 Å². The molecule has 18 heavy (non-hydrogen) atoms. The van der Waals surface area contributed by atoms with Crippen molar-refractivity contribution in [1.29, 1.82) is 0 Å². The van der Waals surface area contributed by atoms with Crippen LogP contribution in [0.5, 0.6) is 5.75 Å². The Bertz CT molecular complexity index is 468. The third-order valence-electron chi connectivity index (χ3n) is 2.87. The Hall–Kier alpha value is -1.87. The number of aryl methyl sites for hydroxylation is 1. The van der Waals surface area contributed by atoms with Crippen LogP contribution in [-0.4, -0.2) is 23.3 Å². The maximum absolute atomic E-state index is 9.40. The molecule has 0 spiro atoms. The molecule has 1 atom stereocenters. The van der Waals surface area contributed by atoms with Gasteiger partial charge in [-0.3, -0.25) is 4.98 Å². The molecule has 0 bridgehead atoms. The van der Waals surface area contributed by atoms with Crippen molar-refractivity contribution in [2.75, 3.05) is 13.2 Å². The van der Waals surface area contributed by atoms with Crippen LogP contribution in [0.25, 0.3) is 0 Å². The molecule has 2 rings (SSSR count). The molecule has 1 unspecified atom stereocenters. The first-order valence-electron chi connectivity index (χ1n) is 6.00. The van der Waals surface area contributed by atoms with Gasteiger partial charge in [0.1, 0.15) is 5.75 Å². The van der Waals surface area contributed by atoms with Crippen LogP contribution in [0, 0.1) is 6.92 Å². The molecule has 1 aromatic heterocycles. The molecule has 0 aliphatic rings. The van der Waals surface area contributed by atoms with Gasteiger partial charge in [-0.2, -0.15) is 0 Å². The lowest BCUT2D eigenvalue weighted by molar-refractivity contribution is 0.205. The van der Waals surface area contributed by atoms with E-state index in [1.54, 1.807) is 12.4 Å². The Morgan fingerprint density at radius 3 is 2.39 bits per heavy atom. The van der Waals surface area contributed by atoms with Crippen molar-refractivity contribution in [3.05, 3.63) is 59.9 Å². The Kier molecular flexibility index (Phi) is 4.31. The van der Waals surface area contributed by atoms with E-state index in [4.69, 9.17) is 4.74 Å². The van der Waals surface area contributed by atoms with E-state index in [-0.39, 0.29) is 12.5 Å². The Morgan fingerprint density at radius 2 is 1.78 bits per heavy atom. The van der Waals surface area contributed by atoms with Crippen molar-refractivity contribution in [3.8, 4) is 5.75 Å². The molecule has 1 N–H and O–H groups in total. The summed E-state index contributed by atoms with van der Waals surface area (Å²) in [6, 6.07) is 11.7. The van der Waals surface area contributed by atoms with Gasteiger partial charge in [0, 0.05) is 18.3 Å². The van der Waals surface area contributed by atoms with Crippen LogP contribution in [0.1, 0.15) is 17.0 Å². The summed E-state index contributed by atoms with van der Waals surface area (Å²) in [5.41, 5.74) is 2.25.